The molecule has 0 saturated carbocycles. The Morgan fingerprint density at radius 3 is 3.06 bits per heavy atom. The first kappa shape index (κ1) is 8.18. The highest BCUT2D eigenvalue weighted by molar-refractivity contribution is 7.23. The van der Waals surface area contributed by atoms with Crippen molar-refractivity contribution < 1.29 is 0 Å². The second-order valence-corrected chi connectivity index (χ2v) is 4.49. The molecule has 76 valence electrons. The summed E-state index contributed by atoms with van der Waals surface area (Å²) in [5.74, 6) is 0. The molecular weight excluding hydrogens is 220 g/mol. The van der Waals surface area contributed by atoms with Crippen LogP contribution in [0.1, 0.15) is 0 Å². The SMILES string of the molecule is c1ccc2c(c1)nc1sc3ncncc3n12. The van der Waals surface area contributed by atoms with Gasteiger partial charge >= 0.3 is 0 Å². The maximum Gasteiger partial charge on any atom is 0.197 e. The van der Waals surface area contributed by atoms with E-state index in [1.54, 1.807) is 17.7 Å². The van der Waals surface area contributed by atoms with E-state index in [2.05, 4.69) is 25.4 Å². The van der Waals surface area contributed by atoms with E-state index in [4.69, 9.17) is 0 Å². The quantitative estimate of drug-likeness (QED) is 0.462. The van der Waals surface area contributed by atoms with Crippen LogP contribution in [0.5, 0.6) is 0 Å². The van der Waals surface area contributed by atoms with Crippen molar-refractivity contribution in [2.75, 3.05) is 0 Å². The first-order valence-electron chi connectivity index (χ1n) is 4.89. The normalized spacial score (nSPS) is 11.8. The van der Waals surface area contributed by atoms with Crippen molar-refractivity contribution in [2.24, 2.45) is 0 Å². The molecule has 0 aliphatic heterocycles. The monoisotopic (exact) mass is 226 g/mol. The zero-order chi connectivity index (χ0) is 10.5. The van der Waals surface area contributed by atoms with Gasteiger partial charge in [0.05, 0.1) is 17.2 Å². The fraction of sp³-hybridized carbons (Fsp3) is 0. The second kappa shape index (κ2) is 2.76. The third-order valence-electron chi connectivity index (χ3n) is 2.62. The molecule has 0 aliphatic carbocycles. The van der Waals surface area contributed by atoms with E-state index in [0.717, 1.165) is 26.3 Å². The highest BCUT2D eigenvalue weighted by atomic mass is 32.1. The van der Waals surface area contributed by atoms with Gasteiger partial charge in [-0.25, -0.2) is 15.0 Å². The van der Waals surface area contributed by atoms with Gasteiger partial charge in [-0.3, -0.25) is 4.40 Å². The van der Waals surface area contributed by atoms with Gasteiger partial charge in [-0.15, -0.1) is 0 Å². The molecule has 4 nitrogen and oxygen atoms in total. The summed E-state index contributed by atoms with van der Waals surface area (Å²) in [6.45, 7) is 0. The Morgan fingerprint density at radius 2 is 2.06 bits per heavy atom. The van der Waals surface area contributed by atoms with Crippen LogP contribution in [0.4, 0.5) is 0 Å². The zero-order valence-corrected chi connectivity index (χ0v) is 8.98. The predicted octanol–water partition coefficient (Wildman–Crippen LogP) is 2.49. The van der Waals surface area contributed by atoms with Crippen LogP contribution in [0.2, 0.25) is 0 Å². The largest absolute Gasteiger partial charge is 0.280 e. The van der Waals surface area contributed by atoms with E-state index in [1.165, 1.54) is 0 Å². The first-order valence-corrected chi connectivity index (χ1v) is 5.71. The Balaban J connectivity index is 2.38. The van der Waals surface area contributed by atoms with Crippen molar-refractivity contribution in [1.29, 1.82) is 0 Å². The summed E-state index contributed by atoms with van der Waals surface area (Å²) in [6, 6.07) is 8.10. The molecule has 0 amide bonds. The van der Waals surface area contributed by atoms with E-state index in [0.29, 0.717) is 0 Å². The number of nitrogens with zero attached hydrogens (tertiary/aromatic N) is 4. The number of hydrogen-bond acceptors (Lipinski definition) is 4. The summed E-state index contributed by atoms with van der Waals surface area (Å²) in [7, 11) is 0. The molecule has 5 heteroatoms. The number of para-hydroxylation sites is 2. The van der Waals surface area contributed by atoms with E-state index in [9.17, 15) is 0 Å². The predicted molar refractivity (Wildman–Crippen MR) is 63.7 cm³/mol. The van der Waals surface area contributed by atoms with Crippen LogP contribution in [-0.2, 0) is 0 Å². The van der Waals surface area contributed by atoms with E-state index in [1.807, 2.05) is 24.4 Å². The van der Waals surface area contributed by atoms with Gasteiger partial charge in [-0.05, 0) is 12.1 Å². The molecule has 1 aromatic carbocycles. The van der Waals surface area contributed by atoms with Gasteiger partial charge in [0, 0.05) is 0 Å². The fourth-order valence-corrected chi connectivity index (χ4v) is 2.89. The molecule has 4 rings (SSSR count). The minimum Gasteiger partial charge on any atom is -0.280 e. The molecule has 0 radical (unpaired) electrons. The summed E-state index contributed by atoms with van der Waals surface area (Å²) in [5.41, 5.74) is 3.15. The fourth-order valence-electron chi connectivity index (χ4n) is 1.93. The minimum atomic E-state index is 0.969. The van der Waals surface area contributed by atoms with E-state index < -0.39 is 0 Å². The van der Waals surface area contributed by atoms with Crippen LogP contribution in [0, 0.1) is 0 Å². The highest BCUT2D eigenvalue weighted by Crippen LogP contribution is 2.27. The molecule has 0 unspecified atom stereocenters. The van der Waals surface area contributed by atoms with Crippen LogP contribution in [0.25, 0.3) is 26.3 Å². The average Bonchev–Trinajstić information content (AvgIpc) is 2.83. The summed E-state index contributed by atoms with van der Waals surface area (Å²) >= 11 is 1.59. The molecule has 16 heavy (non-hydrogen) atoms. The van der Waals surface area contributed by atoms with Crippen LogP contribution in [0.15, 0.2) is 36.8 Å². The van der Waals surface area contributed by atoms with Gasteiger partial charge in [0.15, 0.2) is 4.96 Å². The lowest BCUT2D eigenvalue weighted by atomic mass is 10.3. The van der Waals surface area contributed by atoms with Crippen LogP contribution in [0.3, 0.4) is 0 Å². The molecule has 0 aliphatic rings. The van der Waals surface area contributed by atoms with Crippen LogP contribution < -0.4 is 0 Å². The molecular formula is C11H6N4S. The van der Waals surface area contributed by atoms with Gasteiger partial charge < -0.3 is 0 Å². The Labute approximate surface area is 94.2 Å². The molecule has 0 N–H and O–H groups in total. The lowest BCUT2D eigenvalue weighted by Gasteiger charge is -1.91. The molecule has 0 bridgehead atoms. The summed E-state index contributed by atoms with van der Waals surface area (Å²) in [6.07, 6.45) is 3.40. The smallest absolute Gasteiger partial charge is 0.197 e. The molecule has 0 fully saturated rings. The third-order valence-corrected chi connectivity index (χ3v) is 3.58. The van der Waals surface area contributed by atoms with Gasteiger partial charge in [0.25, 0.3) is 0 Å². The van der Waals surface area contributed by atoms with Crippen molar-refractivity contribution in [2.45, 2.75) is 0 Å². The Hall–Kier alpha value is -2.01. The maximum atomic E-state index is 4.57. The maximum absolute atomic E-state index is 4.57. The van der Waals surface area contributed by atoms with Crippen molar-refractivity contribution in [3.63, 3.8) is 0 Å². The third kappa shape index (κ3) is 0.906. The molecule has 3 heterocycles. The molecule has 0 saturated heterocycles. The van der Waals surface area contributed by atoms with Crippen molar-refractivity contribution in [3.8, 4) is 0 Å². The molecule has 0 atom stereocenters. The van der Waals surface area contributed by atoms with Gasteiger partial charge in [0.1, 0.15) is 16.7 Å². The number of rotatable bonds is 0. The van der Waals surface area contributed by atoms with Crippen molar-refractivity contribution in [1.82, 2.24) is 19.4 Å². The van der Waals surface area contributed by atoms with Gasteiger partial charge in [-0.1, -0.05) is 23.5 Å². The van der Waals surface area contributed by atoms with Crippen LogP contribution in [-0.4, -0.2) is 19.4 Å². The van der Waals surface area contributed by atoms with Gasteiger partial charge in [0.2, 0.25) is 0 Å². The Bertz CT molecular complexity index is 749. The molecule has 4 aromatic rings. The second-order valence-electron chi connectivity index (χ2n) is 3.53. The average molecular weight is 226 g/mol. The molecule has 0 spiro atoms. The standard InChI is InChI=1S/C11H6N4S/c1-2-4-8-7(3-1)14-11-15(8)9-5-12-6-13-10(9)16-11/h1-6H. The summed E-state index contributed by atoms with van der Waals surface area (Å²) in [4.78, 5) is 14.8. The summed E-state index contributed by atoms with van der Waals surface area (Å²) < 4.78 is 2.11. The Kier molecular flexibility index (Phi) is 1.41. The number of aromatic nitrogens is 4. The number of imidazole rings is 1. The van der Waals surface area contributed by atoms with E-state index in [-0.39, 0.29) is 0 Å². The lowest BCUT2D eigenvalue weighted by molar-refractivity contribution is 1.20. The summed E-state index contributed by atoms with van der Waals surface area (Å²) in [5, 5.41) is 0. The molecule has 3 aromatic heterocycles. The zero-order valence-electron chi connectivity index (χ0n) is 8.16. The lowest BCUT2D eigenvalue weighted by Crippen LogP contribution is -1.82. The number of fused-ring (bicyclic) bond motifs is 5. The topological polar surface area (TPSA) is 43.1 Å². The Morgan fingerprint density at radius 1 is 1.12 bits per heavy atom. The van der Waals surface area contributed by atoms with Crippen LogP contribution >= 0.6 is 11.3 Å². The van der Waals surface area contributed by atoms with Crippen molar-refractivity contribution >= 4 is 37.7 Å². The van der Waals surface area contributed by atoms with E-state index >= 15 is 0 Å². The van der Waals surface area contributed by atoms with Gasteiger partial charge in [-0.2, -0.15) is 0 Å². The number of benzene rings is 1. The minimum absolute atomic E-state index is 0.969. The number of hydrogen-bond donors (Lipinski definition) is 0. The van der Waals surface area contributed by atoms with Crippen molar-refractivity contribution in [3.05, 3.63) is 36.8 Å². The number of thiazole rings is 1. The first-order chi connectivity index (χ1) is 7.93. The highest BCUT2D eigenvalue weighted by Gasteiger charge is 2.10.